The summed E-state index contributed by atoms with van der Waals surface area (Å²) in [6.07, 6.45) is 1.46. The molecule has 3 rings (SSSR count). The lowest BCUT2D eigenvalue weighted by Crippen LogP contribution is -2.48. The molecule has 0 aliphatic carbocycles. The molecule has 1 saturated heterocycles. The number of aromatic hydroxyl groups is 1. The first-order valence-corrected chi connectivity index (χ1v) is 11.2. The maximum atomic E-state index is 11.8. The van der Waals surface area contributed by atoms with E-state index in [-0.39, 0.29) is 28.2 Å². The van der Waals surface area contributed by atoms with Gasteiger partial charge in [0.15, 0.2) is 0 Å². The van der Waals surface area contributed by atoms with Crippen LogP contribution in [0.3, 0.4) is 0 Å². The van der Waals surface area contributed by atoms with Crippen molar-refractivity contribution in [2.75, 3.05) is 19.3 Å². The van der Waals surface area contributed by atoms with Crippen LogP contribution >= 0.6 is 0 Å². The van der Waals surface area contributed by atoms with Gasteiger partial charge in [0.1, 0.15) is 11.9 Å². The highest BCUT2D eigenvalue weighted by molar-refractivity contribution is 7.86. The summed E-state index contributed by atoms with van der Waals surface area (Å²) in [4.78, 5) is 2.14. The van der Waals surface area contributed by atoms with Gasteiger partial charge >= 0.3 is 0 Å². The van der Waals surface area contributed by atoms with Crippen molar-refractivity contribution < 1.29 is 39.2 Å². The highest BCUT2D eigenvalue weighted by Gasteiger charge is 2.37. The lowest BCUT2D eigenvalue weighted by molar-refractivity contribution is -0.0465. The number of aliphatic hydroxyl groups is 1. The van der Waals surface area contributed by atoms with E-state index >= 15 is 0 Å². The summed E-state index contributed by atoms with van der Waals surface area (Å²) in [6.45, 7) is 3.16. The third-order valence-electron chi connectivity index (χ3n) is 5.45. The zero-order chi connectivity index (χ0) is 20.4. The molecule has 9 nitrogen and oxygen atoms in total. The maximum Gasteiger partial charge on any atom is 0.265 e. The summed E-state index contributed by atoms with van der Waals surface area (Å²) in [5, 5.41) is 20.6. The van der Waals surface area contributed by atoms with Crippen LogP contribution in [0.2, 0.25) is 0 Å². The number of likely N-dealkylation sites (tertiary alicyclic amines) is 1. The van der Waals surface area contributed by atoms with Gasteiger partial charge in [-0.1, -0.05) is 42.5 Å². The van der Waals surface area contributed by atoms with E-state index in [1.807, 2.05) is 37.3 Å². The number of hydrogen-bond acceptors (Lipinski definition) is 6. The second-order valence-electron chi connectivity index (χ2n) is 7.49. The fourth-order valence-electron chi connectivity index (χ4n) is 3.80. The van der Waals surface area contributed by atoms with Crippen molar-refractivity contribution >= 4 is 10.1 Å². The van der Waals surface area contributed by atoms with E-state index in [2.05, 4.69) is 4.90 Å². The van der Waals surface area contributed by atoms with Gasteiger partial charge in [0.05, 0.1) is 11.9 Å². The molecule has 31 heavy (non-hydrogen) atoms. The summed E-state index contributed by atoms with van der Waals surface area (Å²) in [7, 11) is -3.67. The van der Waals surface area contributed by atoms with Crippen molar-refractivity contribution in [3.63, 3.8) is 0 Å². The van der Waals surface area contributed by atoms with Crippen molar-refractivity contribution in [1.29, 1.82) is 0 Å². The first-order chi connectivity index (χ1) is 13.2. The van der Waals surface area contributed by atoms with Crippen LogP contribution in [-0.4, -0.2) is 65.3 Å². The van der Waals surface area contributed by atoms with Gasteiger partial charge in [-0.2, -0.15) is 8.42 Å². The van der Waals surface area contributed by atoms with Gasteiger partial charge in [-0.05, 0) is 43.0 Å². The summed E-state index contributed by atoms with van der Waals surface area (Å²) < 4.78 is 29.1. The maximum absolute atomic E-state index is 11.8. The van der Waals surface area contributed by atoms with E-state index in [0.717, 1.165) is 11.8 Å². The number of phenolic OH excluding ortho intramolecular Hbond substituents is 1. The molecule has 176 valence electrons. The van der Waals surface area contributed by atoms with Gasteiger partial charge in [-0.15, -0.1) is 0 Å². The number of phenols is 1. The molecule has 8 N–H and O–H groups in total. The molecule has 1 heterocycles. The van der Waals surface area contributed by atoms with Gasteiger partial charge in [0.2, 0.25) is 0 Å². The molecule has 1 fully saturated rings. The predicted octanol–water partition coefficient (Wildman–Crippen LogP) is 0.307. The van der Waals surface area contributed by atoms with Crippen LogP contribution in [0.25, 0.3) is 0 Å². The Bertz CT molecular complexity index is 881. The van der Waals surface area contributed by atoms with Crippen LogP contribution in [0.4, 0.5) is 0 Å². The van der Waals surface area contributed by atoms with Gasteiger partial charge in [0, 0.05) is 19.1 Å². The second-order valence-corrected chi connectivity index (χ2v) is 9.09. The van der Waals surface area contributed by atoms with Crippen molar-refractivity contribution in [3.05, 3.63) is 65.7 Å². The van der Waals surface area contributed by atoms with Crippen LogP contribution in [0, 0.1) is 0 Å². The molecule has 0 spiro atoms. The Morgan fingerprint density at radius 1 is 0.968 bits per heavy atom. The van der Waals surface area contributed by atoms with E-state index in [9.17, 15) is 18.6 Å². The Balaban J connectivity index is 0.00000300. The zero-order valence-electron chi connectivity index (χ0n) is 17.7. The first-order valence-electron chi connectivity index (χ1n) is 9.37. The third-order valence-corrected chi connectivity index (χ3v) is 6.01. The summed E-state index contributed by atoms with van der Waals surface area (Å²) >= 11 is 0. The molecule has 2 atom stereocenters. The summed E-state index contributed by atoms with van der Waals surface area (Å²) in [6, 6.07) is 15.8. The fourth-order valence-corrected chi connectivity index (χ4v) is 4.45. The number of piperidine rings is 1. The SMILES string of the molecule is CC(C(OS(C)(=O)=O)c1ccc(O)cc1)N1CCC(O)(c2ccccc2)CC1.O.O.O. The molecular weight excluding hydrogens is 426 g/mol. The van der Waals surface area contributed by atoms with Crippen LogP contribution in [0.15, 0.2) is 54.6 Å². The van der Waals surface area contributed by atoms with Crippen LogP contribution in [0.1, 0.15) is 37.0 Å². The fraction of sp³-hybridized carbons (Fsp3) is 0.429. The van der Waals surface area contributed by atoms with Crippen LogP contribution in [0.5, 0.6) is 5.75 Å². The smallest absolute Gasteiger partial charge is 0.265 e. The predicted molar refractivity (Wildman–Crippen MR) is 118 cm³/mol. The van der Waals surface area contributed by atoms with E-state index in [0.29, 0.717) is 31.5 Å². The van der Waals surface area contributed by atoms with Gasteiger partial charge < -0.3 is 26.6 Å². The molecule has 1 aliphatic heterocycles. The van der Waals surface area contributed by atoms with Crippen molar-refractivity contribution in [2.45, 2.75) is 37.5 Å². The molecule has 2 aromatic carbocycles. The average molecular weight is 460 g/mol. The van der Waals surface area contributed by atoms with E-state index in [1.54, 1.807) is 12.1 Å². The Morgan fingerprint density at radius 2 is 1.48 bits per heavy atom. The topological polar surface area (TPSA) is 182 Å². The zero-order valence-corrected chi connectivity index (χ0v) is 18.5. The Morgan fingerprint density at radius 3 is 1.97 bits per heavy atom. The molecule has 0 amide bonds. The summed E-state index contributed by atoms with van der Waals surface area (Å²) in [5.41, 5.74) is 0.716. The molecule has 2 unspecified atom stereocenters. The molecule has 1 aliphatic rings. The average Bonchev–Trinajstić information content (AvgIpc) is 2.67. The normalized spacial score (nSPS) is 17.9. The number of rotatable bonds is 6. The van der Waals surface area contributed by atoms with Gasteiger partial charge in [-0.3, -0.25) is 9.08 Å². The summed E-state index contributed by atoms with van der Waals surface area (Å²) in [5.74, 6) is 0.111. The lowest BCUT2D eigenvalue weighted by atomic mass is 9.83. The lowest BCUT2D eigenvalue weighted by Gasteiger charge is -2.42. The molecule has 2 aromatic rings. The highest BCUT2D eigenvalue weighted by Crippen LogP contribution is 2.36. The number of nitrogens with zero attached hydrogens (tertiary/aromatic N) is 1. The molecule has 10 heteroatoms. The minimum atomic E-state index is -3.67. The Kier molecular flexibility index (Phi) is 10.8. The second kappa shape index (κ2) is 11.5. The van der Waals surface area contributed by atoms with E-state index < -0.39 is 21.8 Å². The Labute approximate surface area is 183 Å². The minimum Gasteiger partial charge on any atom is -0.508 e. The van der Waals surface area contributed by atoms with E-state index in [4.69, 9.17) is 4.18 Å². The Hall–Kier alpha value is -2.05. The quantitative estimate of drug-likeness (QED) is 0.586. The van der Waals surface area contributed by atoms with Crippen molar-refractivity contribution in [3.8, 4) is 5.75 Å². The van der Waals surface area contributed by atoms with Gasteiger partial charge in [-0.25, -0.2) is 0 Å². The molecule has 0 radical (unpaired) electrons. The largest absolute Gasteiger partial charge is 0.508 e. The standard InChI is InChI=1S/C21H27NO5S.3H2O/c1-16(20(27-28(2,25)26)17-8-10-19(23)11-9-17)22-14-12-21(24,13-15-22)18-6-4-3-5-7-18;;;/h3-11,16,20,23-24H,12-15H2,1-2H3;3*1H2. The monoisotopic (exact) mass is 459 g/mol. The molecular formula is C21H33NO8S. The minimum absolute atomic E-state index is 0. The van der Waals surface area contributed by atoms with Crippen LogP contribution < -0.4 is 0 Å². The number of benzene rings is 2. The van der Waals surface area contributed by atoms with Crippen LogP contribution in [-0.2, 0) is 19.9 Å². The first kappa shape index (κ1) is 28.9. The number of hydrogen-bond donors (Lipinski definition) is 2. The van der Waals surface area contributed by atoms with Crippen molar-refractivity contribution in [1.82, 2.24) is 4.90 Å². The molecule has 0 aromatic heterocycles. The highest BCUT2D eigenvalue weighted by atomic mass is 32.2. The third kappa shape index (κ3) is 7.25. The van der Waals surface area contributed by atoms with Gasteiger partial charge in [0.25, 0.3) is 10.1 Å². The molecule has 0 saturated carbocycles. The molecule has 0 bridgehead atoms. The van der Waals surface area contributed by atoms with Crippen molar-refractivity contribution in [2.24, 2.45) is 0 Å². The van der Waals surface area contributed by atoms with E-state index in [1.165, 1.54) is 12.1 Å².